The van der Waals surface area contributed by atoms with Gasteiger partial charge < -0.3 is 5.32 Å². The molecule has 1 heterocycles. The molecule has 0 saturated heterocycles. The molecule has 0 atom stereocenters. The summed E-state index contributed by atoms with van der Waals surface area (Å²) in [4.78, 5) is 4.83. The molecular formula is C14H17N3O2S2. The van der Waals surface area contributed by atoms with Crippen molar-refractivity contribution in [2.75, 3.05) is 19.4 Å². The van der Waals surface area contributed by atoms with Crippen molar-refractivity contribution in [1.82, 2.24) is 9.29 Å². The Morgan fingerprint density at radius 3 is 2.48 bits per heavy atom. The van der Waals surface area contributed by atoms with Gasteiger partial charge in [0, 0.05) is 31.1 Å². The summed E-state index contributed by atoms with van der Waals surface area (Å²) < 4.78 is 25.2. The van der Waals surface area contributed by atoms with Gasteiger partial charge in [-0.05, 0) is 25.0 Å². The first kappa shape index (κ1) is 14.5. The van der Waals surface area contributed by atoms with Crippen LogP contribution in [-0.4, -0.2) is 37.8 Å². The minimum Gasteiger partial charge on any atom is -0.359 e. The van der Waals surface area contributed by atoms with Crippen LogP contribution in [0.15, 0.2) is 34.5 Å². The first-order valence-electron chi connectivity index (χ1n) is 6.72. The summed E-state index contributed by atoms with van der Waals surface area (Å²) >= 11 is 1.58. The lowest BCUT2D eigenvalue weighted by Gasteiger charge is -2.11. The molecule has 1 aromatic carbocycles. The summed E-state index contributed by atoms with van der Waals surface area (Å²) in [6, 6.07) is 7.42. The normalized spacial score (nSPS) is 15.4. The van der Waals surface area contributed by atoms with Gasteiger partial charge in [-0.25, -0.2) is 17.7 Å². The summed E-state index contributed by atoms with van der Waals surface area (Å²) in [5.41, 5.74) is 1.80. The molecule has 21 heavy (non-hydrogen) atoms. The second-order valence-electron chi connectivity index (χ2n) is 5.27. The van der Waals surface area contributed by atoms with Gasteiger partial charge in [0.2, 0.25) is 10.0 Å². The van der Waals surface area contributed by atoms with E-state index in [4.69, 9.17) is 0 Å². The number of anilines is 1. The lowest BCUT2D eigenvalue weighted by Crippen LogP contribution is -2.22. The smallest absolute Gasteiger partial charge is 0.242 e. The maximum Gasteiger partial charge on any atom is 0.242 e. The Bertz CT molecular complexity index is 732. The van der Waals surface area contributed by atoms with Crippen LogP contribution in [0.25, 0.3) is 11.3 Å². The maximum absolute atomic E-state index is 12.0. The minimum atomic E-state index is -3.38. The monoisotopic (exact) mass is 323 g/mol. The number of aromatic nitrogens is 1. The fraction of sp³-hybridized carbons (Fsp3) is 0.357. The third-order valence-corrected chi connectivity index (χ3v) is 5.94. The van der Waals surface area contributed by atoms with E-state index < -0.39 is 10.0 Å². The third kappa shape index (κ3) is 3.09. The van der Waals surface area contributed by atoms with E-state index in [1.165, 1.54) is 31.2 Å². The summed E-state index contributed by atoms with van der Waals surface area (Å²) in [6.45, 7) is 0. The van der Waals surface area contributed by atoms with Gasteiger partial charge in [-0.15, -0.1) is 11.3 Å². The van der Waals surface area contributed by atoms with Gasteiger partial charge in [0.15, 0.2) is 5.13 Å². The highest BCUT2D eigenvalue weighted by Crippen LogP contribution is 2.30. The topological polar surface area (TPSA) is 62.3 Å². The van der Waals surface area contributed by atoms with Crippen molar-refractivity contribution in [1.29, 1.82) is 0 Å². The highest BCUT2D eigenvalue weighted by atomic mass is 32.2. The van der Waals surface area contributed by atoms with Gasteiger partial charge in [0.1, 0.15) is 0 Å². The lowest BCUT2D eigenvalue weighted by molar-refractivity contribution is 0.521. The van der Waals surface area contributed by atoms with Gasteiger partial charge in [0.25, 0.3) is 0 Å². The number of nitrogens with one attached hydrogen (secondary N) is 1. The van der Waals surface area contributed by atoms with Gasteiger partial charge in [-0.1, -0.05) is 12.1 Å². The predicted octanol–water partition coefficient (Wildman–Crippen LogP) is 2.63. The molecule has 1 N–H and O–H groups in total. The summed E-state index contributed by atoms with van der Waals surface area (Å²) in [5, 5.41) is 6.28. The molecule has 5 nitrogen and oxygen atoms in total. The van der Waals surface area contributed by atoms with Gasteiger partial charge in [-0.2, -0.15) is 0 Å². The number of sulfonamides is 1. The van der Waals surface area contributed by atoms with E-state index in [9.17, 15) is 8.42 Å². The van der Waals surface area contributed by atoms with E-state index >= 15 is 0 Å². The van der Waals surface area contributed by atoms with Crippen LogP contribution in [0.1, 0.15) is 12.8 Å². The molecule has 2 aromatic rings. The van der Waals surface area contributed by atoms with Crippen LogP contribution < -0.4 is 5.32 Å². The molecule has 1 aromatic heterocycles. The van der Waals surface area contributed by atoms with Crippen LogP contribution in [0.2, 0.25) is 0 Å². The molecule has 0 amide bonds. The van der Waals surface area contributed by atoms with E-state index in [-0.39, 0.29) is 0 Å². The molecule has 1 aliphatic carbocycles. The van der Waals surface area contributed by atoms with Crippen LogP contribution in [-0.2, 0) is 10.0 Å². The number of rotatable bonds is 5. The van der Waals surface area contributed by atoms with Crippen molar-refractivity contribution >= 4 is 26.5 Å². The first-order chi connectivity index (χ1) is 9.96. The standard InChI is InChI=1S/C14H17N3O2S2/c1-17(2)21(18,19)12-7-3-10(4-8-12)13-9-20-14(16-13)15-11-5-6-11/h3-4,7-9,11H,5-6H2,1-2H3,(H,15,16). The fourth-order valence-corrected chi connectivity index (χ4v) is 3.58. The molecule has 1 aliphatic rings. The van der Waals surface area contributed by atoms with Crippen LogP contribution in [0.3, 0.4) is 0 Å². The van der Waals surface area contributed by atoms with E-state index in [1.54, 1.807) is 35.6 Å². The van der Waals surface area contributed by atoms with Crippen molar-refractivity contribution in [2.45, 2.75) is 23.8 Å². The van der Waals surface area contributed by atoms with Gasteiger partial charge in [-0.3, -0.25) is 0 Å². The van der Waals surface area contributed by atoms with Crippen molar-refractivity contribution in [3.8, 4) is 11.3 Å². The van der Waals surface area contributed by atoms with Gasteiger partial charge in [0.05, 0.1) is 10.6 Å². The Morgan fingerprint density at radius 2 is 1.90 bits per heavy atom. The van der Waals surface area contributed by atoms with Crippen LogP contribution in [0, 0.1) is 0 Å². The van der Waals surface area contributed by atoms with Crippen LogP contribution in [0.4, 0.5) is 5.13 Å². The number of benzene rings is 1. The van der Waals surface area contributed by atoms with Crippen molar-refractivity contribution in [2.24, 2.45) is 0 Å². The summed E-state index contributed by atoms with van der Waals surface area (Å²) in [7, 11) is -0.321. The highest BCUT2D eigenvalue weighted by molar-refractivity contribution is 7.89. The number of nitrogens with zero attached hydrogens (tertiary/aromatic N) is 2. The summed E-state index contributed by atoms with van der Waals surface area (Å²) in [5.74, 6) is 0. The van der Waals surface area contributed by atoms with E-state index in [1.807, 2.05) is 5.38 Å². The van der Waals surface area contributed by atoms with Crippen LogP contribution in [0.5, 0.6) is 0 Å². The molecule has 112 valence electrons. The Kier molecular flexibility index (Phi) is 3.73. The van der Waals surface area contributed by atoms with E-state index in [0.717, 1.165) is 16.4 Å². The Hall–Kier alpha value is -1.44. The molecule has 0 radical (unpaired) electrons. The number of thiazole rings is 1. The average molecular weight is 323 g/mol. The van der Waals surface area contributed by atoms with Crippen molar-refractivity contribution in [3.05, 3.63) is 29.6 Å². The molecule has 0 aliphatic heterocycles. The fourth-order valence-electron chi connectivity index (χ4n) is 1.88. The molecular weight excluding hydrogens is 306 g/mol. The summed E-state index contributed by atoms with van der Waals surface area (Å²) in [6.07, 6.45) is 2.43. The Labute approximate surface area is 128 Å². The lowest BCUT2D eigenvalue weighted by atomic mass is 10.2. The third-order valence-electron chi connectivity index (χ3n) is 3.34. The predicted molar refractivity (Wildman–Crippen MR) is 85.1 cm³/mol. The molecule has 0 bridgehead atoms. The molecule has 0 spiro atoms. The molecule has 0 unspecified atom stereocenters. The number of hydrogen-bond acceptors (Lipinski definition) is 5. The second-order valence-corrected chi connectivity index (χ2v) is 8.28. The SMILES string of the molecule is CN(C)S(=O)(=O)c1ccc(-c2csc(NC3CC3)n2)cc1. The highest BCUT2D eigenvalue weighted by Gasteiger charge is 2.22. The molecule has 7 heteroatoms. The van der Waals surface area contributed by atoms with Crippen LogP contribution >= 0.6 is 11.3 Å². The number of hydrogen-bond donors (Lipinski definition) is 1. The molecule has 1 fully saturated rings. The largest absolute Gasteiger partial charge is 0.359 e. The zero-order chi connectivity index (χ0) is 15.0. The van der Waals surface area contributed by atoms with E-state index in [0.29, 0.717) is 10.9 Å². The van der Waals surface area contributed by atoms with Crippen molar-refractivity contribution in [3.63, 3.8) is 0 Å². The van der Waals surface area contributed by atoms with Gasteiger partial charge >= 0.3 is 0 Å². The molecule has 3 rings (SSSR count). The van der Waals surface area contributed by atoms with Crippen molar-refractivity contribution < 1.29 is 8.42 Å². The maximum atomic E-state index is 12.0. The minimum absolute atomic E-state index is 0.294. The molecule has 1 saturated carbocycles. The zero-order valence-corrected chi connectivity index (χ0v) is 13.5. The Balaban J connectivity index is 1.82. The Morgan fingerprint density at radius 1 is 1.24 bits per heavy atom. The van der Waals surface area contributed by atoms with E-state index in [2.05, 4.69) is 10.3 Å². The quantitative estimate of drug-likeness (QED) is 0.919. The first-order valence-corrected chi connectivity index (χ1v) is 9.04. The second kappa shape index (κ2) is 5.40. The average Bonchev–Trinajstić information content (AvgIpc) is 3.14. The zero-order valence-electron chi connectivity index (χ0n) is 11.9.